The summed E-state index contributed by atoms with van der Waals surface area (Å²) in [5.41, 5.74) is 0. The molecule has 0 aliphatic carbocycles. The van der Waals surface area contributed by atoms with Crippen LogP contribution in [0, 0.1) is 11.8 Å². The maximum absolute atomic E-state index is 10.6. The highest BCUT2D eigenvalue weighted by Gasteiger charge is 2.22. The summed E-state index contributed by atoms with van der Waals surface area (Å²) in [4.78, 5) is 10.6. The molecule has 2 nitrogen and oxygen atoms in total. The summed E-state index contributed by atoms with van der Waals surface area (Å²) in [5, 5.41) is 8.68. The first-order valence-corrected chi connectivity index (χ1v) is 5.65. The van der Waals surface area contributed by atoms with Crippen molar-refractivity contribution >= 4 is 40.8 Å². The first kappa shape index (κ1) is 14.3. The van der Waals surface area contributed by atoms with E-state index < -0.39 is 9.76 Å². The van der Waals surface area contributed by atoms with Gasteiger partial charge < -0.3 is 5.11 Å². The van der Waals surface area contributed by atoms with Crippen LogP contribution in [-0.2, 0) is 4.79 Å². The number of hydrogen-bond donors (Lipinski definition) is 1. The number of hydrogen-bond acceptors (Lipinski definition) is 1. The van der Waals surface area contributed by atoms with E-state index in [2.05, 4.69) is 0 Å². The van der Waals surface area contributed by atoms with Crippen LogP contribution in [0.5, 0.6) is 0 Å². The average Bonchev–Trinajstić information content (AvgIpc) is 1.99. The first-order valence-electron chi connectivity index (χ1n) is 4.52. The molecule has 1 N–H and O–H groups in total. The Hall–Kier alpha value is 0.340. The minimum absolute atomic E-state index is 0.261. The highest BCUT2D eigenvalue weighted by Crippen LogP contribution is 2.33. The van der Waals surface area contributed by atoms with Crippen molar-refractivity contribution in [2.24, 2.45) is 11.8 Å². The van der Waals surface area contributed by atoms with Crippen LogP contribution in [0.15, 0.2) is 0 Å². The molecule has 84 valence electrons. The van der Waals surface area contributed by atoms with E-state index in [4.69, 9.17) is 39.9 Å². The molecule has 0 aromatic heterocycles. The van der Waals surface area contributed by atoms with Gasteiger partial charge in [-0.1, -0.05) is 48.7 Å². The Morgan fingerprint density at radius 3 is 2.21 bits per heavy atom. The zero-order valence-electron chi connectivity index (χ0n) is 8.27. The number of alkyl halides is 3. The summed E-state index contributed by atoms with van der Waals surface area (Å²) >= 11 is 16.8. The fraction of sp³-hybridized carbons (Fsp3) is 0.889. The molecule has 0 amide bonds. The molecule has 14 heavy (non-hydrogen) atoms. The lowest BCUT2D eigenvalue weighted by Gasteiger charge is -2.17. The van der Waals surface area contributed by atoms with E-state index in [1.54, 1.807) is 6.92 Å². The summed E-state index contributed by atoms with van der Waals surface area (Å²) in [7, 11) is 0. The minimum atomic E-state index is -1.22. The normalized spacial score (nSPS) is 16.4. The standard InChI is InChI=1S/C9H15Cl3O2/c1-6(3-4-9(10,11)12)5-7(2)8(13)14/h6-7H,3-5H2,1-2H3,(H,13,14). The lowest BCUT2D eigenvalue weighted by Crippen LogP contribution is -2.14. The summed E-state index contributed by atoms with van der Waals surface area (Å²) in [5.74, 6) is -0.845. The number of carboxylic acid groups (broad SMARTS) is 1. The lowest BCUT2D eigenvalue weighted by molar-refractivity contribution is -0.141. The smallest absolute Gasteiger partial charge is 0.306 e. The molecule has 0 aromatic rings. The van der Waals surface area contributed by atoms with Crippen LogP contribution < -0.4 is 0 Å². The first-order chi connectivity index (χ1) is 6.22. The number of halogens is 3. The van der Waals surface area contributed by atoms with Crippen molar-refractivity contribution in [3.05, 3.63) is 0 Å². The molecule has 0 saturated carbocycles. The number of carboxylic acids is 1. The van der Waals surface area contributed by atoms with Crippen LogP contribution in [0.25, 0.3) is 0 Å². The highest BCUT2D eigenvalue weighted by atomic mass is 35.6. The monoisotopic (exact) mass is 260 g/mol. The molecule has 2 atom stereocenters. The van der Waals surface area contributed by atoms with Gasteiger partial charge in [0.1, 0.15) is 0 Å². The van der Waals surface area contributed by atoms with Gasteiger partial charge in [-0.15, -0.1) is 0 Å². The molecular formula is C9H15Cl3O2. The predicted octanol–water partition coefficient (Wildman–Crippen LogP) is 3.88. The Morgan fingerprint density at radius 1 is 1.36 bits per heavy atom. The van der Waals surface area contributed by atoms with Gasteiger partial charge >= 0.3 is 5.97 Å². The zero-order chi connectivity index (χ0) is 11.4. The molecular weight excluding hydrogens is 246 g/mol. The Kier molecular flexibility index (Phi) is 6.19. The van der Waals surface area contributed by atoms with Crippen molar-refractivity contribution in [2.45, 2.75) is 36.9 Å². The van der Waals surface area contributed by atoms with Crippen molar-refractivity contribution in [1.29, 1.82) is 0 Å². The van der Waals surface area contributed by atoms with E-state index in [0.29, 0.717) is 12.8 Å². The van der Waals surface area contributed by atoms with Gasteiger partial charge in [-0.25, -0.2) is 0 Å². The van der Waals surface area contributed by atoms with Crippen molar-refractivity contribution in [3.8, 4) is 0 Å². The largest absolute Gasteiger partial charge is 0.481 e. The number of carbonyl (C=O) groups is 1. The molecule has 0 fully saturated rings. The van der Waals surface area contributed by atoms with Gasteiger partial charge in [-0.2, -0.15) is 0 Å². The molecule has 0 aliphatic rings. The van der Waals surface area contributed by atoms with E-state index in [9.17, 15) is 4.79 Å². The van der Waals surface area contributed by atoms with E-state index in [1.165, 1.54) is 0 Å². The Labute approximate surface area is 99.5 Å². The molecule has 0 rings (SSSR count). The molecule has 0 saturated heterocycles. The number of rotatable bonds is 5. The second kappa shape index (κ2) is 6.04. The summed E-state index contributed by atoms with van der Waals surface area (Å²) in [6.45, 7) is 3.66. The third-order valence-electron chi connectivity index (χ3n) is 2.10. The summed E-state index contributed by atoms with van der Waals surface area (Å²) in [6, 6.07) is 0. The van der Waals surface area contributed by atoms with E-state index in [0.717, 1.165) is 6.42 Å². The lowest BCUT2D eigenvalue weighted by atomic mass is 9.94. The molecule has 0 aromatic carbocycles. The molecule has 5 heteroatoms. The maximum Gasteiger partial charge on any atom is 0.306 e. The third kappa shape index (κ3) is 7.72. The fourth-order valence-electron chi connectivity index (χ4n) is 1.23. The average molecular weight is 262 g/mol. The van der Waals surface area contributed by atoms with E-state index >= 15 is 0 Å². The summed E-state index contributed by atoms with van der Waals surface area (Å²) in [6.07, 6.45) is 1.81. The van der Waals surface area contributed by atoms with Crippen molar-refractivity contribution in [1.82, 2.24) is 0 Å². The highest BCUT2D eigenvalue weighted by molar-refractivity contribution is 6.67. The molecule has 0 radical (unpaired) electrons. The van der Waals surface area contributed by atoms with Crippen LogP contribution >= 0.6 is 34.8 Å². The van der Waals surface area contributed by atoms with Crippen molar-refractivity contribution < 1.29 is 9.90 Å². The maximum atomic E-state index is 10.6. The Bertz CT molecular complexity index is 189. The molecule has 0 spiro atoms. The third-order valence-corrected chi connectivity index (χ3v) is 2.67. The molecule has 2 unspecified atom stereocenters. The topological polar surface area (TPSA) is 37.3 Å². The Balaban J connectivity index is 3.76. The van der Waals surface area contributed by atoms with Gasteiger partial charge in [0.25, 0.3) is 0 Å². The van der Waals surface area contributed by atoms with Crippen LogP contribution in [0.2, 0.25) is 0 Å². The van der Waals surface area contributed by atoms with Crippen molar-refractivity contribution in [3.63, 3.8) is 0 Å². The quantitative estimate of drug-likeness (QED) is 0.763. The van der Waals surface area contributed by atoms with E-state index in [-0.39, 0.29) is 11.8 Å². The van der Waals surface area contributed by atoms with E-state index in [1.807, 2.05) is 6.92 Å². The molecule has 0 aliphatic heterocycles. The summed E-state index contributed by atoms with van der Waals surface area (Å²) < 4.78 is -1.22. The van der Waals surface area contributed by atoms with Gasteiger partial charge in [-0.05, 0) is 25.2 Å². The predicted molar refractivity (Wildman–Crippen MR) is 60.1 cm³/mol. The van der Waals surface area contributed by atoms with Gasteiger partial charge in [0, 0.05) is 0 Å². The molecule has 0 bridgehead atoms. The molecule has 0 heterocycles. The minimum Gasteiger partial charge on any atom is -0.481 e. The van der Waals surface area contributed by atoms with Crippen LogP contribution in [0.4, 0.5) is 0 Å². The number of aliphatic carboxylic acids is 1. The second-order valence-electron chi connectivity index (χ2n) is 3.73. The van der Waals surface area contributed by atoms with Gasteiger partial charge in [0.15, 0.2) is 3.79 Å². The van der Waals surface area contributed by atoms with Gasteiger partial charge in [-0.3, -0.25) is 4.79 Å². The van der Waals surface area contributed by atoms with Crippen LogP contribution in [-0.4, -0.2) is 14.9 Å². The van der Waals surface area contributed by atoms with Gasteiger partial charge in [0.2, 0.25) is 0 Å². The van der Waals surface area contributed by atoms with Crippen LogP contribution in [0.3, 0.4) is 0 Å². The second-order valence-corrected chi connectivity index (χ2v) is 6.25. The van der Waals surface area contributed by atoms with Crippen molar-refractivity contribution in [2.75, 3.05) is 0 Å². The Morgan fingerprint density at radius 2 is 1.86 bits per heavy atom. The zero-order valence-corrected chi connectivity index (χ0v) is 10.5. The fourth-order valence-corrected chi connectivity index (χ4v) is 1.56. The van der Waals surface area contributed by atoms with Gasteiger partial charge in [0.05, 0.1) is 5.92 Å². The SMILES string of the molecule is CC(CCC(Cl)(Cl)Cl)CC(C)C(=O)O. The van der Waals surface area contributed by atoms with Crippen LogP contribution in [0.1, 0.15) is 33.1 Å².